The first-order chi connectivity index (χ1) is 8.55. The zero-order chi connectivity index (χ0) is 14.8. The Labute approximate surface area is 118 Å². The second-order valence-electron chi connectivity index (χ2n) is 7.38. The summed E-state index contributed by atoms with van der Waals surface area (Å²) < 4.78 is 0. The second-order valence-corrected chi connectivity index (χ2v) is 7.38. The molecule has 0 aromatic heterocycles. The molecule has 0 aliphatic rings. The molecular formula is C18H28O. The maximum atomic E-state index is 9.10. The van der Waals surface area contributed by atoms with Crippen LogP contribution in [0.1, 0.15) is 64.7 Å². The van der Waals surface area contributed by atoms with Crippen LogP contribution >= 0.6 is 0 Å². The number of benzene rings is 1. The fourth-order valence-electron chi connectivity index (χ4n) is 1.98. The molecule has 106 valence electrons. The maximum Gasteiger partial charge on any atom is 0.0471 e. The molecule has 0 saturated heterocycles. The van der Waals surface area contributed by atoms with Gasteiger partial charge >= 0.3 is 0 Å². The number of hydrogen-bond acceptors (Lipinski definition) is 1. The van der Waals surface area contributed by atoms with Gasteiger partial charge in [-0.05, 0) is 39.5 Å². The predicted octanol–water partition coefficient (Wildman–Crippen LogP) is 4.68. The Balaban J connectivity index is 3.37. The van der Waals surface area contributed by atoms with Crippen molar-refractivity contribution in [2.24, 2.45) is 0 Å². The topological polar surface area (TPSA) is 20.2 Å². The van der Waals surface area contributed by atoms with Crippen LogP contribution < -0.4 is 0 Å². The molecule has 0 aliphatic carbocycles. The van der Waals surface area contributed by atoms with Gasteiger partial charge in [0.15, 0.2) is 0 Å². The quantitative estimate of drug-likeness (QED) is 0.837. The fourth-order valence-corrected chi connectivity index (χ4v) is 1.98. The van der Waals surface area contributed by atoms with Crippen LogP contribution in [0.25, 0.3) is 5.57 Å². The van der Waals surface area contributed by atoms with Gasteiger partial charge in [-0.1, -0.05) is 66.3 Å². The average Bonchev–Trinajstić information content (AvgIpc) is 2.26. The third-order valence-electron chi connectivity index (χ3n) is 3.49. The molecule has 1 nitrogen and oxygen atoms in total. The molecule has 0 spiro atoms. The molecule has 1 rings (SSSR count). The molecule has 0 bridgehead atoms. The second kappa shape index (κ2) is 5.50. The van der Waals surface area contributed by atoms with E-state index in [2.05, 4.69) is 66.3 Å². The molecule has 0 heterocycles. The van der Waals surface area contributed by atoms with Crippen LogP contribution in [-0.4, -0.2) is 11.7 Å². The zero-order valence-corrected chi connectivity index (χ0v) is 13.3. The van der Waals surface area contributed by atoms with Crippen molar-refractivity contribution in [2.75, 3.05) is 6.61 Å². The monoisotopic (exact) mass is 260 g/mol. The molecule has 1 heteroatoms. The average molecular weight is 260 g/mol. The van der Waals surface area contributed by atoms with Crippen molar-refractivity contribution in [1.29, 1.82) is 0 Å². The third-order valence-corrected chi connectivity index (χ3v) is 3.49. The predicted molar refractivity (Wildman–Crippen MR) is 84.6 cm³/mol. The van der Waals surface area contributed by atoms with E-state index in [1.807, 2.05) is 0 Å². The van der Waals surface area contributed by atoms with Crippen molar-refractivity contribution in [3.05, 3.63) is 41.5 Å². The molecule has 0 radical (unpaired) electrons. The lowest BCUT2D eigenvalue weighted by atomic mass is 9.79. The summed E-state index contributed by atoms with van der Waals surface area (Å²) in [7, 11) is 0. The van der Waals surface area contributed by atoms with Gasteiger partial charge in [0.1, 0.15) is 0 Å². The van der Waals surface area contributed by atoms with Gasteiger partial charge in [-0.15, -0.1) is 0 Å². The van der Waals surface area contributed by atoms with Crippen LogP contribution in [0.5, 0.6) is 0 Å². The number of hydrogen-bond donors (Lipinski definition) is 1. The van der Waals surface area contributed by atoms with Crippen LogP contribution in [0.3, 0.4) is 0 Å². The molecule has 1 aromatic rings. The van der Waals surface area contributed by atoms with Crippen LogP contribution in [-0.2, 0) is 10.8 Å². The van der Waals surface area contributed by atoms with Gasteiger partial charge in [-0.25, -0.2) is 0 Å². The van der Waals surface area contributed by atoms with Crippen molar-refractivity contribution in [3.63, 3.8) is 0 Å². The minimum Gasteiger partial charge on any atom is -0.396 e. The smallest absolute Gasteiger partial charge is 0.0471 e. The highest BCUT2D eigenvalue weighted by Crippen LogP contribution is 2.32. The van der Waals surface area contributed by atoms with Gasteiger partial charge in [0.25, 0.3) is 0 Å². The fraction of sp³-hybridized carbons (Fsp3) is 0.556. The Kier molecular flexibility index (Phi) is 4.63. The summed E-state index contributed by atoms with van der Waals surface area (Å²) in [5.41, 5.74) is 5.07. The van der Waals surface area contributed by atoms with Gasteiger partial charge in [0.2, 0.25) is 0 Å². The lowest BCUT2D eigenvalue weighted by molar-refractivity contribution is 0.305. The van der Waals surface area contributed by atoms with Crippen molar-refractivity contribution in [3.8, 4) is 0 Å². The van der Waals surface area contributed by atoms with Crippen molar-refractivity contribution < 1.29 is 5.11 Å². The molecule has 0 atom stereocenters. The van der Waals surface area contributed by atoms with Gasteiger partial charge < -0.3 is 5.11 Å². The highest BCUT2D eigenvalue weighted by atomic mass is 16.2. The summed E-state index contributed by atoms with van der Waals surface area (Å²) in [6.07, 6.45) is 0.636. The lowest BCUT2D eigenvalue weighted by Gasteiger charge is -2.26. The number of rotatable bonds is 3. The first kappa shape index (κ1) is 16.0. The molecule has 0 amide bonds. The van der Waals surface area contributed by atoms with E-state index in [0.29, 0.717) is 6.42 Å². The summed E-state index contributed by atoms with van der Waals surface area (Å²) in [5.74, 6) is 0. The van der Waals surface area contributed by atoms with Gasteiger partial charge in [-0.2, -0.15) is 0 Å². The minimum atomic E-state index is 0.121. The Morgan fingerprint density at radius 3 is 1.68 bits per heavy atom. The van der Waals surface area contributed by atoms with Crippen LogP contribution in [0.15, 0.2) is 24.8 Å². The van der Waals surface area contributed by atoms with E-state index < -0.39 is 0 Å². The molecule has 0 fully saturated rings. The standard InChI is InChI=1S/C18H28O/c1-13(8-9-19)14-10-15(17(2,3)4)12-16(11-14)18(5,6)7/h10-12,19H,1,8-9H2,2-7H3. The van der Waals surface area contributed by atoms with Crippen molar-refractivity contribution in [1.82, 2.24) is 0 Å². The zero-order valence-electron chi connectivity index (χ0n) is 13.3. The van der Waals surface area contributed by atoms with E-state index >= 15 is 0 Å². The summed E-state index contributed by atoms with van der Waals surface area (Å²) in [5, 5.41) is 9.10. The first-order valence-electron chi connectivity index (χ1n) is 7.01. The molecule has 0 unspecified atom stereocenters. The van der Waals surface area contributed by atoms with Gasteiger partial charge in [0, 0.05) is 6.61 Å². The minimum absolute atomic E-state index is 0.121. The van der Waals surface area contributed by atoms with Gasteiger partial charge in [-0.3, -0.25) is 0 Å². The summed E-state index contributed by atoms with van der Waals surface area (Å²) in [4.78, 5) is 0. The number of aliphatic hydroxyl groups excluding tert-OH is 1. The molecule has 1 aromatic carbocycles. The van der Waals surface area contributed by atoms with Crippen LogP contribution in [0.4, 0.5) is 0 Å². The Bertz CT molecular complexity index is 423. The van der Waals surface area contributed by atoms with E-state index in [1.54, 1.807) is 0 Å². The Morgan fingerprint density at radius 2 is 1.37 bits per heavy atom. The molecule has 0 aliphatic heterocycles. The Morgan fingerprint density at radius 1 is 0.947 bits per heavy atom. The molecule has 0 saturated carbocycles. The van der Waals surface area contributed by atoms with E-state index in [0.717, 1.165) is 11.1 Å². The lowest BCUT2D eigenvalue weighted by Crippen LogP contribution is -2.17. The van der Waals surface area contributed by atoms with E-state index in [4.69, 9.17) is 5.11 Å². The molecular weight excluding hydrogens is 232 g/mol. The van der Waals surface area contributed by atoms with Crippen molar-refractivity contribution >= 4 is 5.57 Å². The van der Waals surface area contributed by atoms with E-state index in [9.17, 15) is 0 Å². The third kappa shape index (κ3) is 4.21. The highest BCUT2D eigenvalue weighted by Gasteiger charge is 2.20. The molecule has 19 heavy (non-hydrogen) atoms. The van der Waals surface area contributed by atoms with Crippen LogP contribution in [0, 0.1) is 0 Å². The maximum absolute atomic E-state index is 9.10. The summed E-state index contributed by atoms with van der Waals surface area (Å²) >= 11 is 0. The Hall–Kier alpha value is -1.08. The number of aliphatic hydroxyl groups is 1. The summed E-state index contributed by atoms with van der Waals surface area (Å²) in [6, 6.07) is 6.73. The SMILES string of the molecule is C=C(CCO)c1cc(C(C)(C)C)cc(C(C)(C)C)c1. The van der Waals surface area contributed by atoms with Crippen LogP contribution in [0.2, 0.25) is 0 Å². The summed E-state index contributed by atoms with van der Waals surface area (Å²) in [6.45, 7) is 17.6. The van der Waals surface area contributed by atoms with E-state index in [1.165, 1.54) is 11.1 Å². The normalized spacial score (nSPS) is 12.6. The highest BCUT2D eigenvalue weighted by molar-refractivity contribution is 5.65. The molecule has 1 N–H and O–H groups in total. The van der Waals surface area contributed by atoms with E-state index in [-0.39, 0.29) is 17.4 Å². The first-order valence-corrected chi connectivity index (χ1v) is 7.01. The van der Waals surface area contributed by atoms with Gasteiger partial charge in [0.05, 0.1) is 0 Å². The largest absolute Gasteiger partial charge is 0.396 e. The van der Waals surface area contributed by atoms with Crippen molar-refractivity contribution in [2.45, 2.75) is 58.8 Å².